The highest BCUT2D eigenvalue weighted by Crippen LogP contribution is 2.33. The first-order valence-corrected chi connectivity index (χ1v) is 8.23. The molecule has 3 rings (SSSR count). The average Bonchev–Trinajstić information content (AvgIpc) is 3.03. The van der Waals surface area contributed by atoms with Crippen molar-refractivity contribution in [3.05, 3.63) is 69.6 Å². The highest BCUT2D eigenvalue weighted by molar-refractivity contribution is 6.30. The minimum Gasteiger partial charge on any atom is -0.336 e. The number of likely N-dealkylation sites (tertiary alicyclic amines) is 1. The lowest BCUT2D eigenvalue weighted by atomic mass is 10.0. The van der Waals surface area contributed by atoms with Crippen molar-refractivity contribution in [2.75, 3.05) is 6.54 Å². The maximum Gasteiger partial charge on any atom is 0.250 e. The molecule has 1 aromatic carbocycles. The predicted molar refractivity (Wildman–Crippen MR) is 90.5 cm³/mol. The molecule has 0 radical (unpaired) electrons. The second-order valence-corrected chi connectivity index (χ2v) is 6.22. The van der Waals surface area contributed by atoms with Crippen molar-refractivity contribution in [1.82, 2.24) is 9.47 Å². The quantitative estimate of drug-likeness (QED) is 0.863. The highest BCUT2D eigenvalue weighted by atomic mass is 35.5. The zero-order valence-corrected chi connectivity index (χ0v) is 13.6. The van der Waals surface area contributed by atoms with E-state index < -0.39 is 0 Å². The standard InChI is InChI=1S/C18H19ClN2O2/c19-15-6-3-5-14(13-15)16-7-4-11-21(16)18(23)9-12-20-10-2-1-8-17(20)22/h1-3,5-6,8,10,13,16H,4,7,9,11-12H2. The number of pyridine rings is 1. The van der Waals surface area contributed by atoms with Gasteiger partial charge in [0, 0.05) is 36.8 Å². The molecule has 0 saturated carbocycles. The number of rotatable bonds is 4. The van der Waals surface area contributed by atoms with Gasteiger partial charge in [-0.05, 0) is 36.6 Å². The van der Waals surface area contributed by atoms with Crippen molar-refractivity contribution in [3.8, 4) is 0 Å². The Morgan fingerprint density at radius 2 is 2.09 bits per heavy atom. The van der Waals surface area contributed by atoms with Gasteiger partial charge < -0.3 is 9.47 Å². The van der Waals surface area contributed by atoms with Gasteiger partial charge in [-0.15, -0.1) is 0 Å². The molecule has 1 saturated heterocycles. The minimum atomic E-state index is -0.0758. The molecule has 2 heterocycles. The van der Waals surface area contributed by atoms with Crippen molar-refractivity contribution in [1.29, 1.82) is 0 Å². The van der Waals surface area contributed by atoms with Gasteiger partial charge in [0.25, 0.3) is 5.56 Å². The second kappa shape index (κ2) is 7.01. The number of aromatic nitrogens is 1. The van der Waals surface area contributed by atoms with Gasteiger partial charge in [0.15, 0.2) is 0 Å². The normalized spacial score (nSPS) is 17.4. The van der Waals surface area contributed by atoms with Crippen LogP contribution in [0.2, 0.25) is 5.02 Å². The fraction of sp³-hybridized carbons (Fsp3) is 0.333. The van der Waals surface area contributed by atoms with Gasteiger partial charge in [0.2, 0.25) is 5.91 Å². The molecule has 23 heavy (non-hydrogen) atoms. The highest BCUT2D eigenvalue weighted by Gasteiger charge is 2.29. The second-order valence-electron chi connectivity index (χ2n) is 5.78. The molecule has 5 heteroatoms. The Morgan fingerprint density at radius 1 is 1.22 bits per heavy atom. The van der Waals surface area contributed by atoms with Crippen LogP contribution >= 0.6 is 11.6 Å². The van der Waals surface area contributed by atoms with Gasteiger partial charge in [0.1, 0.15) is 0 Å². The van der Waals surface area contributed by atoms with Crippen molar-refractivity contribution in [3.63, 3.8) is 0 Å². The third-order valence-corrected chi connectivity index (χ3v) is 4.51. The summed E-state index contributed by atoms with van der Waals surface area (Å²) in [5, 5.41) is 0.692. The third kappa shape index (κ3) is 3.64. The first-order chi connectivity index (χ1) is 11.1. The van der Waals surface area contributed by atoms with Crippen LogP contribution in [0.1, 0.15) is 30.9 Å². The Hall–Kier alpha value is -2.07. The van der Waals surface area contributed by atoms with Crippen LogP contribution in [0, 0.1) is 0 Å². The molecule has 4 nitrogen and oxygen atoms in total. The van der Waals surface area contributed by atoms with E-state index in [9.17, 15) is 9.59 Å². The van der Waals surface area contributed by atoms with Gasteiger partial charge in [-0.25, -0.2) is 0 Å². The summed E-state index contributed by atoms with van der Waals surface area (Å²) in [5.41, 5.74) is 1.01. The monoisotopic (exact) mass is 330 g/mol. The van der Waals surface area contributed by atoms with Crippen LogP contribution < -0.4 is 5.56 Å². The van der Waals surface area contributed by atoms with Crippen molar-refractivity contribution in [2.45, 2.75) is 31.8 Å². The molecule has 1 aliphatic heterocycles. The van der Waals surface area contributed by atoms with Gasteiger partial charge >= 0.3 is 0 Å². The summed E-state index contributed by atoms with van der Waals surface area (Å²) in [6.07, 6.45) is 4.00. The van der Waals surface area contributed by atoms with E-state index in [0.29, 0.717) is 18.0 Å². The van der Waals surface area contributed by atoms with Crippen LogP contribution in [0.3, 0.4) is 0 Å². The zero-order chi connectivity index (χ0) is 16.2. The smallest absolute Gasteiger partial charge is 0.250 e. The molecule has 1 unspecified atom stereocenters. The van der Waals surface area contributed by atoms with Crippen molar-refractivity contribution in [2.24, 2.45) is 0 Å². The van der Waals surface area contributed by atoms with E-state index in [4.69, 9.17) is 11.6 Å². The Labute approximate surface area is 140 Å². The van der Waals surface area contributed by atoms with Crippen molar-refractivity contribution < 1.29 is 4.79 Å². The SMILES string of the molecule is O=C(CCn1ccccc1=O)N1CCCC1c1cccc(Cl)c1. The molecular formula is C18H19ClN2O2. The van der Waals surface area contributed by atoms with E-state index in [0.717, 1.165) is 24.9 Å². The molecule has 0 bridgehead atoms. The molecule has 1 atom stereocenters. The van der Waals surface area contributed by atoms with E-state index in [1.165, 1.54) is 6.07 Å². The molecule has 0 N–H and O–H groups in total. The van der Waals surface area contributed by atoms with Gasteiger partial charge in [0.05, 0.1) is 6.04 Å². The minimum absolute atomic E-state index is 0.0758. The Bertz CT molecular complexity index is 756. The van der Waals surface area contributed by atoms with E-state index in [1.807, 2.05) is 29.2 Å². The van der Waals surface area contributed by atoms with Crippen LogP contribution in [-0.4, -0.2) is 21.9 Å². The number of hydrogen-bond donors (Lipinski definition) is 0. The summed E-state index contributed by atoms with van der Waals surface area (Å²) in [5.74, 6) is 0.0863. The lowest BCUT2D eigenvalue weighted by Gasteiger charge is -2.25. The van der Waals surface area contributed by atoms with Gasteiger partial charge in [-0.2, -0.15) is 0 Å². The van der Waals surface area contributed by atoms with E-state index in [-0.39, 0.29) is 17.5 Å². The van der Waals surface area contributed by atoms with Crippen LogP contribution in [0.4, 0.5) is 0 Å². The third-order valence-electron chi connectivity index (χ3n) is 4.27. The first-order valence-electron chi connectivity index (χ1n) is 7.85. The number of nitrogens with zero attached hydrogens (tertiary/aromatic N) is 2. The first kappa shape index (κ1) is 15.8. The fourth-order valence-electron chi connectivity index (χ4n) is 3.13. The zero-order valence-electron chi connectivity index (χ0n) is 12.8. The Balaban J connectivity index is 1.69. The maximum atomic E-state index is 12.6. The van der Waals surface area contributed by atoms with Crippen molar-refractivity contribution >= 4 is 17.5 Å². The number of hydrogen-bond acceptors (Lipinski definition) is 2. The van der Waals surface area contributed by atoms with Crippen LogP contribution in [0.5, 0.6) is 0 Å². The summed E-state index contributed by atoms with van der Waals surface area (Å²) in [6.45, 7) is 1.18. The van der Waals surface area contributed by atoms with E-state index in [2.05, 4.69) is 0 Å². The number of carbonyl (C=O) groups is 1. The summed E-state index contributed by atoms with van der Waals surface area (Å²) in [7, 11) is 0. The molecule has 1 aliphatic rings. The topological polar surface area (TPSA) is 42.3 Å². The van der Waals surface area contributed by atoms with E-state index in [1.54, 1.807) is 22.9 Å². The summed E-state index contributed by atoms with van der Waals surface area (Å²) in [6, 6.07) is 12.8. The molecule has 120 valence electrons. The molecule has 1 aromatic heterocycles. The lowest BCUT2D eigenvalue weighted by molar-refractivity contribution is -0.132. The van der Waals surface area contributed by atoms with Crippen LogP contribution in [0.25, 0.3) is 0 Å². The largest absolute Gasteiger partial charge is 0.336 e. The fourth-order valence-corrected chi connectivity index (χ4v) is 3.33. The van der Waals surface area contributed by atoms with Gasteiger partial charge in [-0.3, -0.25) is 9.59 Å². The number of amides is 1. The molecule has 2 aromatic rings. The summed E-state index contributed by atoms with van der Waals surface area (Å²) in [4.78, 5) is 26.2. The number of benzene rings is 1. The maximum absolute atomic E-state index is 12.6. The molecular weight excluding hydrogens is 312 g/mol. The number of aryl methyl sites for hydroxylation is 1. The van der Waals surface area contributed by atoms with E-state index >= 15 is 0 Å². The van der Waals surface area contributed by atoms with Crippen LogP contribution in [0.15, 0.2) is 53.5 Å². The lowest BCUT2D eigenvalue weighted by Crippen LogP contribution is -2.32. The Kier molecular flexibility index (Phi) is 4.82. The summed E-state index contributed by atoms with van der Waals surface area (Å²) < 4.78 is 1.57. The Morgan fingerprint density at radius 3 is 2.87 bits per heavy atom. The number of halogens is 1. The number of carbonyl (C=O) groups excluding carboxylic acids is 1. The average molecular weight is 331 g/mol. The molecule has 0 spiro atoms. The molecule has 0 aliphatic carbocycles. The van der Waals surface area contributed by atoms with Gasteiger partial charge in [-0.1, -0.05) is 29.8 Å². The predicted octanol–water partition coefficient (Wildman–Crippen LogP) is 3.26. The van der Waals surface area contributed by atoms with Crippen LogP contribution in [-0.2, 0) is 11.3 Å². The molecule has 1 amide bonds. The summed E-state index contributed by atoms with van der Waals surface area (Å²) >= 11 is 6.07. The molecule has 1 fully saturated rings.